The number of carbonyl (C=O) groups excluding carboxylic acids is 2. The number of halogens is 3. The standard InChI is InChI=1S/C21H23ClF2N2O3/c1-12(2)19(25-20(27)18-15(23)6-5-7-16(18)24)21(28)26(3)11-13-10-14(22)8-9-17(13)29-4/h5-10,12,19H,11H2,1-4H3,(H,25,27). The second kappa shape index (κ2) is 9.69. The highest BCUT2D eigenvalue weighted by molar-refractivity contribution is 6.30. The minimum absolute atomic E-state index is 0.176. The second-order valence-corrected chi connectivity index (χ2v) is 7.38. The number of carbonyl (C=O) groups is 2. The van der Waals surface area contributed by atoms with Crippen LogP contribution in [-0.4, -0.2) is 36.9 Å². The van der Waals surface area contributed by atoms with Crippen LogP contribution in [0.4, 0.5) is 8.78 Å². The van der Waals surface area contributed by atoms with Crippen molar-refractivity contribution in [3.63, 3.8) is 0 Å². The summed E-state index contributed by atoms with van der Waals surface area (Å²) >= 11 is 6.03. The Morgan fingerprint density at radius 1 is 1.17 bits per heavy atom. The van der Waals surface area contributed by atoms with Crippen LogP contribution in [0.5, 0.6) is 5.75 Å². The van der Waals surface area contributed by atoms with Crippen LogP contribution in [0.1, 0.15) is 29.8 Å². The average molecular weight is 425 g/mol. The average Bonchev–Trinajstić information content (AvgIpc) is 2.65. The number of ether oxygens (including phenoxy) is 1. The van der Waals surface area contributed by atoms with Crippen LogP contribution in [0.2, 0.25) is 5.02 Å². The van der Waals surface area contributed by atoms with Gasteiger partial charge in [-0.25, -0.2) is 8.78 Å². The first-order valence-corrected chi connectivity index (χ1v) is 9.35. The monoisotopic (exact) mass is 424 g/mol. The van der Waals surface area contributed by atoms with E-state index in [1.807, 2.05) is 0 Å². The molecule has 1 unspecified atom stereocenters. The van der Waals surface area contributed by atoms with Crippen molar-refractivity contribution < 1.29 is 23.1 Å². The number of hydrogen-bond donors (Lipinski definition) is 1. The molecule has 29 heavy (non-hydrogen) atoms. The van der Waals surface area contributed by atoms with E-state index in [-0.39, 0.29) is 12.5 Å². The largest absolute Gasteiger partial charge is 0.496 e. The lowest BCUT2D eigenvalue weighted by Gasteiger charge is -2.27. The van der Waals surface area contributed by atoms with Crippen LogP contribution >= 0.6 is 11.6 Å². The first-order chi connectivity index (χ1) is 13.6. The Kier molecular flexibility index (Phi) is 7.56. The van der Waals surface area contributed by atoms with Gasteiger partial charge < -0.3 is 15.0 Å². The summed E-state index contributed by atoms with van der Waals surface area (Å²) in [5.41, 5.74) is -0.0325. The van der Waals surface area contributed by atoms with E-state index in [2.05, 4.69) is 5.32 Å². The molecular weight excluding hydrogens is 402 g/mol. The second-order valence-electron chi connectivity index (χ2n) is 6.94. The molecule has 0 saturated heterocycles. The third kappa shape index (κ3) is 5.44. The molecule has 0 aliphatic rings. The van der Waals surface area contributed by atoms with Gasteiger partial charge in [-0.15, -0.1) is 0 Å². The van der Waals surface area contributed by atoms with Gasteiger partial charge in [0, 0.05) is 24.2 Å². The summed E-state index contributed by atoms with van der Waals surface area (Å²) in [6.45, 7) is 3.64. The minimum Gasteiger partial charge on any atom is -0.496 e. The number of hydrogen-bond acceptors (Lipinski definition) is 3. The van der Waals surface area contributed by atoms with E-state index in [4.69, 9.17) is 16.3 Å². The van der Waals surface area contributed by atoms with Gasteiger partial charge in [-0.05, 0) is 36.2 Å². The van der Waals surface area contributed by atoms with Gasteiger partial charge >= 0.3 is 0 Å². The Bertz CT molecular complexity index is 885. The van der Waals surface area contributed by atoms with Crippen molar-refractivity contribution in [1.29, 1.82) is 0 Å². The molecule has 0 saturated carbocycles. The number of benzene rings is 2. The van der Waals surface area contributed by atoms with E-state index in [1.54, 1.807) is 39.1 Å². The van der Waals surface area contributed by atoms with Crippen molar-refractivity contribution in [2.75, 3.05) is 14.2 Å². The number of nitrogens with zero attached hydrogens (tertiary/aromatic N) is 1. The smallest absolute Gasteiger partial charge is 0.257 e. The number of amides is 2. The number of methoxy groups -OCH3 is 1. The Balaban J connectivity index is 2.21. The summed E-state index contributed by atoms with van der Waals surface area (Å²) < 4.78 is 33.1. The predicted molar refractivity (Wildman–Crippen MR) is 107 cm³/mol. The lowest BCUT2D eigenvalue weighted by Crippen LogP contribution is -2.50. The van der Waals surface area contributed by atoms with E-state index in [0.29, 0.717) is 16.3 Å². The molecule has 0 aliphatic heterocycles. The highest BCUT2D eigenvalue weighted by Gasteiger charge is 2.29. The van der Waals surface area contributed by atoms with Crippen molar-refractivity contribution in [1.82, 2.24) is 10.2 Å². The van der Waals surface area contributed by atoms with Gasteiger partial charge in [0.05, 0.1) is 7.11 Å². The van der Waals surface area contributed by atoms with Gasteiger partial charge in [0.1, 0.15) is 29.0 Å². The first-order valence-electron chi connectivity index (χ1n) is 8.98. The predicted octanol–water partition coefficient (Wildman–Crippen LogP) is 4.04. The highest BCUT2D eigenvalue weighted by Crippen LogP contribution is 2.24. The van der Waals surface area contributed by atoms with E-state index in [0.717, 1.165) is 12.1 Å². The fraction of sp³-hybridized carbons (Fsp3) is 0.333. The van der Waals surface area contributed by atoms with E-state index >= 15 is 0 Å². The van der Waals surface area contributed by atoms with Crippen LogP contribution in [0.3, 0.4) is 0 Å². The first kappa shape index (κ1) is 22.6. The van der Waals surface area contributed by atoms with Gasteiger partial charge in [0.15, 0.2) is 0 Å². The molecule has 2 aromatic rings. The molecular formula is C21H23ClF2N2O3. The van der Waals surface area contributed by atoms with Crippen molar-refractivity contribution >= 4 is 23.4 Å². The van der Waals surface area contributed by atoms with Crippen LogP contribution in [0, 0.1) is 17.6 Å². The molecule has 156 valence electrons. The fourth-order valence-electron chi connectivity index (χ4n) is 2.88. The minimum atomic E-state index is -0.991. The zero-order valence-corrected chi connectivity index (χ0v) is 17.4. The normalized spacial score (nSPS) is 11.9. The van der Waals surface area contributed by atoms with Crippen LogP contribution < -0.4 is 10.1 Å². The summed E-state index contributed by atoms with van der Waals surface area (Å²) in [5, 5.41) is 2.94. The molecule has 2 aromatic carbocycles. The zero-order chi connectivity index (χ0) is 21.7. The third-order valence-corrected chi connectivity index (χ3v) is 4.67. The molecule has 0 fully saturated rings. The lowest BCUT2D eigenvalue weighted by atomic mass is 10.0. The van der Waals surface area contributed by atoms with Gasteiger partial charge in [0.25, 0.3) is 5.91 Å². The van der Waals surface area contributed by atoms with Gasteiger partial charge in [0.2, 0.25) is 5.91 Å². The third-order valence-electron chi connectivity index (χ3n) is 4.44. The summed E-state index contributed by atoms with van der Waals surface area (Å²) in [7, 11) is 3.07. The molecule has 0 bridgehead atoms. The molecule has 0 radical (unpaired) electrons. The number of likely N-dealkylation sites (N-methyl/N-ethyl adjacent to an activating group) is 1. The van der Waals surface area contributed by atoms with Crippen LogP contribution in [0.25, 0.3) is 0 Å². The molecule has 1 atom stereocenters. The molecule has 0 aliphatic carbocycles. The van der Waals surface area contributed by atoms with Gasteiger partial charge in [-0.1, -0.05) is 31.5 Å². The Labute approximate surface area is 173 Å². The van der Waals surface area contributed by atoms with Gasteiger partial charge in [-0.3, -0.25) is 9.59 Å². The summed E-state index contributed by atoms with van der Waals surface area (Å²) in [4.78, 5) is 26.8. The molecule has 5 nitrogen and oxygen atoms in total. The number of rotatable bonds is 7. The van der Waals surface area contributed by atoms with E-state index in [9.17, 15) is 18.4 Å². The van der Waals surface area contributed by atoms with Crippen LogP contribution in [-0.2, 0) is 11.3 Å². The molecule has 0 aromatic heterocycles. The molecule has 0 heterocycles. The van der Waals surface area contributed by atoms with Crippen molar-refractivity contribution in [2.24, 2.45) is 5.92 Å². The lowest BCUT2D eigenvalue weighted by molar-refractivity contribution is -0.133. The molecule has 2 amide bonds. The van der Waals surface area contributed by atoms with Crippen molar-refractivity contribution in [2.45, 2.75) is 26.4 Å². The number of nitrogens with one attached hydrogen (secondary N) is 1. The Morgan fingerprint density at radius 2 is 1.79 bits per heavy atom. The fourth-order valence-corrected chi connectivity index (χ4v) is 3.08. The molecule has 8 heteroatoms. The zero-order valence-electron chi connectivity index (χ0n) is 16.6. The quantitative estimate of drug-likeness (QED) is 0.729. The Hall–Kier alpha value is -2.67. The highest BCUT2D eigenvalue weighted by atomic mass is 35.5. The van der Waals surface area contributed by atoms with Crippen molar-refractivity contribution in [3.8, 4) is 5.75 Å². The molecule has 1 N–H and O–H groups in total. The van der Waals surface area contributed by atoms with Gasteiger partial charge in [-0.2, -0.15) is 0 Å². The maximum Gasteiger partial charge on any atom is 0.257 e. The topological polar surface area (TPSA) is 58.6 Å². The van der Waals surface area contributed by atoms with Crippen molar-refractivity contribution in [3.05, 3.63) is 64.2 Å². The Morgan fingerprint density at radius 3 is 2.34 bits per heavy atom. The molecule has 2 rings (SSSR count). The summed E-state index contributed by atoms with van der Waals surface area (Å²) in [6.07, 6.45) is 0. The maximum atomic E-state index is 13.9. The van der Waals surface area contributed by atoms with Crippen LogP contribution in [0.15, 0.2) is 36.4 Å². The SMILES string of the molecule is COc1ccc(Cl)cc1CN(C)C(=O)C(NC(=O)c1c(F)cccc1F)C(C)C. The van der Waals surface area contributed by atoms with E-state index < -0.39 is 35.1 Å². The molecule has 0 spiro atoms. The maximum absolute atomic E-state index is 13.9. The summed E-state index contributed by atoms with van der Waals surface area (Å²) in [6, 6.07) is 7.21. The van der Waals surface area contributed by atoms with E-state index in [1.165, 1.54) is 18.1 Å². The summed E-state index contributed by atoms with van der Waals surface area (Å²) in [5.74, 6) is -3.13.